The summed E-state index contributed by atoms with van der Waals surface area (Å²) in [6.07, 6.45) is 0. The Morgan fingerprint density at radius 2 is 1.98 bits per heavy atom. The second-order valence-corrected chi connectivity index (χ2v) is 9.41. The molecule has 5 aromatic rings. The molecule has 3 aromatic carbocycles. The SMILES string of the molecule is COCc1nc2c(OC(F)F)cccc2n1Cc1ccc2c(c1)COc1cc(F)ccc1/C2=C(/C)c1noc(=O)[nH]1. The number of hydrogen-bond donors (Lipinski definition) is 1. The number of hydrogen-bond acceptors (Lipinski definition) is 7. The summed E-state index contributed by atoms with van der Waals surface area (Å²) < 4.78 is 62.9. The lowest BCUT2D eigenvalue weighted by Crippen LogP contribution is -2.07. The van der Waals surface area contributed by atoms with Crippen LogP contribution in [-0.4, -0.2) is 33.4 Å². The van der Waals surface area contributed by atoms with Crippen LogP contribution in [0, 0.1) is 5.82 Å². The van der Waals surface area contributed by atoms with E-state index in [0.717, 1.165) is 16.7 Å². The van der Waals surface area contributed by atoms with Gasteiger partial charge in [0.2, 0.25) is 0 Å². The first kappa shape index (κ1) is 26.4. The van der Waals surface area contributed by atoms with Crippen molar-refractivity contribution in [3.8, 4) is 11.5 Å². The van der Waals surface area contributed by atoms with Crippen LogP contribution in [0.1, 0.15) is 40.8 Å². The molecule has 0 bridgehead atoms. The molecule has 0 atom stereocenters. The van der Waals surface area contributed by atoms with Gasteiger partial charge in [0.05, 0.1) is 5.52 Å². The van der Waals surface area contributed by atoms with Crippen molar-refractivity contribution in [3.05, 3.63) is 105 Å². The van der Waals surface area contributed by atoms with Gasteiger partial charge in [-0.15, -0.1) is 0 Å². The molecule has 9 nitrogen and oxygen atoms in total. The number of nitrogens with zero attached hydrogens (tertiary/aromatic N) is 3. The third-order valence-corrected chi connectivity index (χ3v) is 6.86. The van der Waals surface area contributed by atoms with E-state index in [1.165, 1.54) is 25.3 Å². The number of allylic oxidation sites excluding steroid dienone is 1. The molecule has 6 rings (SSSR count). The molecule has 0 amide bonds. The maximum Gasteiger partial charge on any atom is 0.439 e. The van der Waals surface area contributed by atoms with Gasteiger partial charge in [-0.2, -0.15) is 8.78 Å². The second-order valence-electron chi connectivity index (χ2n) is 9.41. The molecule has 0 aliphatic carbocycles. The number of para-hydroxylation sites is 1. The number of H-pyrrole nitrogens is 1. The van der Waals surface area contributed by atoms with Crippen LogP contribution in [0.5, 0.6) is 11.5 Å². The van der Waals surface area contributed by atoms with Crippen LogP contribution in [0.4, 0.5) is 13.2 Å². The van der Waals surface area contributed by atoms with Gasteiger partial charge in [-0.1, -0.05) is 23.4 Å². The molecule has 12 heteroatoms. The predicted molar refractivity (Wildman–Crippen MR) is 142 cm³/mol. The van der Waals surface area contributed by atoms with Crippen molar-refractivity contribution in [1.82, 2.24) is 19.7 Å². The average molecular weight is 565 g/mol. The summed E-state index contributed by atoms with van der Waals surface area (Å²) in [5.41, 5.74) is 5.33. The number of rotatable bonds is 7. The molecule has 0 spiro atoms. The van der Waals surface area contributed by atoms with E-state index in [1.807, 2.05) is 22.8 Å². The van der Waals surface area contributed by atoms with Crippen molar-refractivity contribution < 1.29 is 31.9 Å². The Hall–Kier alpha value is -4.84. The van der Waals surface area contributed by atoms with E-state index >= 15 is 0 Å². The highest BCUT2D eigenvalue weighted by Gasteiger charge is 2.24. The molecule has 1 N–H and O–H groups in total. The van der Waals surface area contributed by atoms with Crippen molar-refractivity contribution in [2.75, 3.05) is 7.11 Å². The zero-order chi connectivity index (χ0) is 28.7. The Morgan fingerprint density at radius 1 is 1.15 bits per heavy atom. The Labute approximate surface area is 230 Å². The normalized spacial score (nSPS) is 14.0. The van der Waals surface area contributed by atoms with E-state index in [1.54, 1.807) is 25.1 Å². The van der Waals surface area contributed by atoms with E-state index in [9.17, 15) is 18.0 Å². The van der Waals surface area contributed by atoms with Gasteiger partial charge < -0.3 is 18.8 Å². The first-order chi connectivity index (χ1) is 19.8. The first-order valence-electron chi connectivity index (χ1n) is 12.6. The third kappa shape index (κ3) is 4.97. The molecule has 0 fully saturated rings. The van der Waals surface area contributed by atoms with Crippen LogP contribution in [-0.2, 0) is 24.5 Å². The monoisotopic (exact) mass is 564 g/mol. The van der Waals surface area contributed by atoms with Crippen molar-refractivity contribution in [1.29, 1.82) is 0 Å². The van der Waals surface area contributed by atoms with Crippen LogP contribution in [0.15, 0.2) is 63.9 Å². The smallest absolute Gasteiger partial charge is 0.439 e. The predicted octanol–water partition coefficient (Wildman–Crippen LogP) is 5.52. The van der Waals surface area contributed by atoms with E-state index in [2.05, 4.69) is 15.1 Å². The minimum absolute atomic E-state index is 0.0231. The first-order valence-corrected chi connectivity index (χ1v) is 12.6. The Balaban J connectivity index is 1.46. The number of halogens is 3. The fourth-order valence-corrected chi connectivity index (χ4v) is 5.10. The maximum atomic E-state index is 14.2. The number of ether oxygens (including phenoxy) is 3. The summed E-state index contributed by atoms with van der Waals surface area (Å²) in [5.74, 6) is -0.0414. The topological polar surface area (TPSA) is 104 Å². The van der Waals surface area contributed by atoms with Gasteiger partial charge in [-0.05, 0) is 59.5 Å². The van der Waals surface area contributed by atoms with Gasteiger partial charge >= 0.3 is 12.4 Å². The van der Waals surface area contributed by atoms with Crippen LogP contribution >= 0.6 is 0 Å². The highest BCUT2D eigenvalue weighted by atomic mass is 19.3. The number of methoxy groups -OCH3 is 1. The molecule has 1 aliphatic rings. The summed E-state index contributed by atoms with van der Waals surface area (Å²) in [6, 6.07) is 14.9. The molecule has 210 valence electrons. The van der Waals surface area contributed by atoms with Crippen LogP contribution in [0.2, 0.25) is 0 Å². The lowest BCUT2D eigenvalue weighted by atomic mass is 9.89. The molecule has 1 aliphatic heterocycles. The van der Waals surface area contributed by atoms with Crippen molar-refractivity contribution in [2.45, 2.75) is 33.3 Å². The zero-order valence-corrected chi connectivity index (χ0v) is 21.9. The van der Waals surface area contributed by atoms with Crippen molar-refractivity contribution >= 4 is 22.2 Å². The Bertz CT molecular complexity index is 1860. The lowest BCUT2D eigenvalue weighted by Gasteiger charge is -2.15. The van der Waals surface area contributed by atoms with Gasteiger partial charge in [0.25, 0.3) is 0 Å². The summed E-state index contributed by atoms with van der Waals surface area (Å²) >= 11 is 0. The number of aromatic nitrogens is 4. The largest absolute Gasteiger partial charge is 0.488 e. The van der Waals surface area contributed by atoms with Crippen LogP contribution < -0.4 is 15.2 Å². The quantitative estimate of drug-likeness (QED) is 0.278. The van der Waals surface area contributed by atoms with Gasteiger partial charge in [-0.3, -0.25) is 9.51 Å². The molecule has 0 saturated heterocycles. The van der Waals surface area contributed by atoms with Gasteiger partial charge in [0.1, 0.15) is 36.1 Å². The average Bonchev–Trinajstić information content (AvgIpc) is 3.48. The molecule has 0 saturated carbocycles. The minimum atomic E-state index is -2.99. The Morgan fingerprint density at radius 3 is 2.73 bits per heavy atom. The standard InChI is InChI=1S/C29H23F3N4O5/c1-15(27-34-29(37)41-35-27)25-19-8-6-16(10-17(19)13-39-23-11-18(30)7-9-20(23)25)12-36-21-4-3-5-22(40-28(31)32)26(21)33-24(36)14-38-2/h3-11,28H,12-14H2,1-2H3,(H,34,35,37)/b25-15-. The summed E-state index contributed by atoms with van der Waals surface area (Å²) in [7, 11) is 1.53. The van der Waals surface area contributed by atoms with E-state index in [-0.39, 0.29) is 24.8 Å². The highest BCUT2D eigenvalue weighted by Crippen LogP contribution is 2.41. The number of aromatic amines is 1. The molecule has 0 radical (unpaired) electrons. The van der Waals surface area contributed by atoms with Gasteiger partial charge in [0, 0.05) is 30.9 Å². The number of alkyl halides is 2. The fourth-order valence-electron chi connectivity index (χ4n) is 5.10. The molecule has 2 aromatic heterocycles. The van der Waals surface area contributed by atoms with E-state index in [4.69, 9.17) is 18.7 Å². The number of imidazole rings is 1. The molecule has 0 unspecified atom stereocenters. The van der Waals surface area contributed by atoms with Crippen molar-refractivity contribution in [3.63, 3.8) is 0 Å². The summed E-state index contributed by atoms with van der Waals surface area (Å²) in [4.78, 5) is 18.8. The van der Waals surface area contributed by atoms with Crippen LogP contribution in [0.3, 0.4) is 0 Å². The molecular formula is C29H23F3N4O5. The van der Waals surface area contributed by atoms with E-state index < -0.39 is 18.2 Å². The molecular weight excluding hydrogens is 541 g/mol. The highest BCUT2D eigenvalue weighted by molar-refractivity contribution is 5.99. The second kappa shape index (κ2) is 10.6. The minimum Gasteiger partial charge on any atom is -0.488 e. The summed E-state index contributed by atoms with van der Waals surface area (Å²) in [6.45, 7) is -0.559. The number of nitrogens with one attached hydrogen (secondary N) is 1. The van der Waals surface area contributed by atoms with Gasteiger partial charge in [-0.25, -0.2) is 14.2 Å². The fraction of sp³-hybridized carbons (Fsp3) is 0.207. The van der Waals surface area contributed by atoms with Crippen LogP contribution in [0.25, 0.3) is 22.2 Å². The summed E-state index contributed by atoms with van der Waals surface area (Å²) in [5, 5.41) is 3.84. The number of fused-ring (bicyclic) bond motifs is 3. The zero-order valence-electron chi connectivity index (χ0n) is 21.9. The number of benzene rings is 3. The Kier molecular flexibility index (Phi) is 6.83. The van der Waals surface area contributed by atoms with Crippen molar-refractivity contribution in [2.24, 2.45) is 0 Å². The maximum absolute atomic E-state index is 14.2. The molecule has 3 heterocycles. The van der Waals surface area contributed by atoms with E-state index in [0.29, 0.717) is 45.9 Å². The molecule has 41 heavy (non-hydrogen) atoms. The van der Waals surface area contributed by atoms with Gasteiger partial charge in [0.15, 0.2) is 11.6 Å². The third-order valence-electron chi connectivity index (χ3n) is 6.86. The lowest BCUT2D eigenvalue weighted by molar-refractivity contribution is -0.0489.